The van der Waals surface area contributed by atoms with E-state index >= 15 is 0 Å². The van der Waals surface area contributed by atoms with Crippen LogP contribution in [0.25, 0.3) is 0 Å². The molecule has 0 saturated heterocycles. The fraction of sp³-hybridized carbons (Fsp3) is 0.500. The summed E-state index contributed by atoms with van der Waals surface area (Å²) in [5.41, 5.74) is 10.2. The van der Waals surface area contributed by atoms with Crippen molar-refractivity contribution in [1.82, 2.24) is 5.32 Å². The second-order valence-electron chi connectivity index (χ2n) is 2.67. The lowest BCUT2D eigenvalue weighted by molar-refractivity contribution is -0.126. The van der Waals surface area contributed by atoms with Gasteiger partial charge in [-0.05, 0) is 6.92 Å². The van der Waals surface area contributed by atoms with Gasteiger partial charge in [0.05, 0.1) is 18.5 Å². The summed E-state index contributed by atoms with van der Waals surface area (Å²) in [5.74, 6) is 1.22. The van der Waals surface area contributed by atoms with Gasteiger partial charge in [0.1, 0.15) is 0 Å². The molecule has 0 bridgehead atoms. The van der Waals surface area contributed by atoms with Gasteiger partial charge in [0, 0.05) is 0 Å². The van der Waals surface area contributed by atoms with Crippen LogP contribution in [0.2, 0.25) is 0 Å². The summed E-state index contributed by atoms with van der Waals surface area (Å²) in [6.45, 7) is 1.63. The lowest BCUT2D eigenvalue weighted by atomic mass is 10.2. The summed E-state index contributed by atoms with van der Waals surface area (Å²) < 4.78 is 0. The molecular formula is C8H13N3O2. The maximum Gasteiger partial charge on any atom is 0.238 e. The molecule has 13 heavy (non-hydrogen) atoms. The molecule has 2 unspecified atom stereocenters. The molecule has 0 aromatic rings. The normalized spacial score (nSPS) is 13.9. The maximum atomic E-state index is 11.1. The number of nitrogens with two attached hydrogens (primary N) is 2. The molecule has 0 rings (SSSR count). The second-order valence-corrected chi connectivity index (χ2v) is 2.67. The average Bonchev–Trinajstić information content (AvgIpc) is 2.02. The number of carbonyl (C=O) groups excluding carboxylic acids is 2. The topological polar surface area (TPSA) is 98.2 Å². The predicted molar refractivity (Wildman–Crippen MR) is 48.2 cm³/mol. The minimum absolute atomic E-state index is 0.177. The second kappa shape index (κ2) is 5.17. The summed E-state index contributed by atoms with van der Waals surface area (Å²) in [5, 5.41) is 2.43. The number of nitrogens with one attached hydrogen (secondary N) is 1. The van der Waals surface area contributed by atoms with Crippen molar-refractivity contribution in [3.8, 4) is 12.3 Å². The van der Waals surface area contributed by atoms with E-state index in [1.165, 1.54) is 0 Å². The smallest absolute Gasteiger partial charge is 0.238 e. The molecule has 0 heterocycles. The van der Waals surface area contributed by atoms with Gasteiger partial charge in [-0.1, -0.05) is 5.92 Å². The number of primary amides is 1. The summed E-state index contributed by atoms with van der Waals surface area (Å²) >= 11 is 0. The predicted octanol–water partition coefficient (Wildman–Crippen LogP) is -1.67. The zero-order valence-corrected chi connectivity index (χ0v) is 7.41. The highest BCUT2D eigenvalue weighted by Crippen LogP contribution is 1.88. The van der Waals surface area contributed by atoms with Crippen molar-refractivity contribution in [2.75, 3.05) is 0 Å². The van der Waals surface area contributed by atoms with E-state index in [1.54, 1.807) is 6.92 Å². The van der Waals surface area contributed by atoms with Crippen molar-refractivity contribution in [2.45, 2.75) is 25.4 Å². The van der Waals surface area contributed by atoms with E-state index in [1.807, 2.05) is 0 Å². The van der Waals surface area contributed by atoms with E-state index in [2.05, 4.69) is 11.2 Å². The standard InChI is InChI=1S/C8H13N3O2/c1-3-5(2)11-8(13)6(9)4-7(10)12/h1,5-6H,4,9H2,2H3,(H2,10,12)(H,11,13). The van der Waals surface area contributed by atoms with Crippen molar-refractivity contribution in [3.63, 3.8) is 0 Å². The zero-order chi connectivity index (χ0) is 10.4. The van der Waals surface area contributed by atoms with Crippen LogP contribution in [0, 0.1) is 12.3 Å². The van der Waals surface area contributed by atoms with Crippen molar-refractivity contribution in [2.24, 2.45) is 11.5 Å². The molecule has 0 aromatic heterocycles. The molecule has 0 aliphatic carbocycles. The van der Waals surface area contributed by atoms with Gasteiger partial charge in [-0.3, -0.25) is 9.59 Å². The Morgan fingerprint density at radius 2 is 2.15 bits per heavy atom. The number of hydrogen-bond acceptors (Lipinski definition) is 3. The molecule has 5 heteroatoms. The van der Waals surface area contributed by atoms with Crippen LogP contribution in [0.4, 0.5) is 0 Å². The Hall–Kier alpha value is -1.54. The van der Waals surface area contributed by atoms with Gasteiger partial charge >= 0.3 is 0 Å². The first-order chi connectivity index (χ1) is 5.97. The van der Waals surface area contributed by atoms with Crippen LogP contribution in [0.3, 0.4) is 0 Å². The molecule has 0 aliphatic heterocycles. The van der Waals surface area contributed by atoms with E-state index in [4.69, 9.17) is 17.9 Å². The molecule has 0 radical (unpaired) electrons. The Kier molecular flexibility index (Phi) is 4.55. The molecule has 2 atom stereocenters. The van der Waals surface area contributed by atoms with Gasteiger partial charge in [-0.2, -0.15) is 0 Å². The molecule has 0 fully saturated rings. The number of carbonyl (C=O) groups is 2. The molecule has 0 spiro atoms. The van der Waals surface area contributed by atoms with E-state index in [0.717, 1.165) is 0 Å². The number of terminal acetylenes is 1. The molecule has 0 aromatic carbocycles. The average molecular weight is 183 g/mol. The summed E-state index contributed by atoms with van der Waals surface area (Å²) in [7, 11) is 0. The van der Waals surface area contributed by atoms with Crippen molar-refractivity contribution < 1.29 is 9.59 Å². The third-order valence-corrected chi connectivity index (χ3v) is 1.37. The van der Waals surface area contributed by atoms with Gasteiger partial charge in [0.25, 0.3) is 0 Å². The molecule has 5 N–H and O–H groups in total. The quantitative estimate of drug-likeness (QED) is 0.454. The van der Waals surface area contributed by atoms with Crippen LogP contribution >= 0.6 is 0 Å². The summed E-state index contributed by atoms with van der Waals surface area (Å²) in [6.07, 6.45) is 4.85. The Morgan fingerprint density at radius 3 is 2.54 bits per heavy atom. The number of rotatable bonds is 4. The van der Waals surface area contributed by atoms with Crippen LogP contribution in [0.1, 0.15) is 13.3 Å². The van der Waals surface area contributed by atoms with E-state index < -0.39 is 23.9 Å². The fourth-order valence-electron chi connectivity index (χ4n) is 0.672. The molecule has 72 valence electrons. The highest BCUT2D eigenvalue weighted by Gasteiger charge is 2.16. The molecule has 5 nitrogen and oxygen atoms in total. The zero-order valence-electron chi connectivity index (χ0n) is 7.41. The van der Waals surface area contributed by atoms with Gasteiger partial charge in [-0.15, -0.1) is 6.42 Å². The van der Waals surface area contributed by atoms with Crippen LogP contribution in [-0.4, -0.2) is 23.9 Å². The van der Waals surface area contributed by atoms with Crippen molar-refractivity contribution >= 4 is 11.8 Å². The fourth-order valence-corrected chi connectivity index (χ4v) is 0.672. The summed E-state index contributed by atoms with van der Waals surface area (Å²) in [4.78, 5) is 21.5. The first kappa shape index (κ1) is 11.5. The van der Waals surface area contributed by atoms with Gasteiger partial charge in [0.2, 0.25) is 11.8 Å². The van der Waals surface area contributed by atoms with Gasteiger partial charge < -0.3 is 16.8 Å². The van der Waals surface area contributed by atoms with E-state index in [0.29, 0.717) is 0 Å². The monoisotopic (exact) mass is 183 g/mol. The van der Waals surface area contributed by atoms with Crippen LogP contribution in [0.15, 0.2) is 0 Å². The lowest BCUT2D eigenvalue weighted by Crippen LogP contribution is -2.45. The highest BCUT2D eigenvalue weighted by atomic mass is 16.2. The third-order valence-electron chi connectivity index (χ3n) is 1.37. The SMILES string of the molecule is C#CC(C)NC(=O)C(N)CC(N)=O. The Bertz CT molecular complexity index is 244. The summed E-state index contributed by atoms with van der Waals surface area (Å²) in [6, 6.07) is -1.32. The first-order valence-electron chi connectivity index (χ1n) is 3.77. The minimum Gasteiger partial charge on any atom is -0.370 e. The Balaban J connectivity index is 3.98. The van der Waals surface area contributed by atoms with Gasteiger partial charge in [-0.25, -0.2) is 0 Å². The van der Waals surface area contributed by atoms with Gasteiger partial charge in [0.15, 0.2) is 0 Å². The van der Waals surface area contributed by atoms with E-state index in [-0.39, 0.29) is 6.42 Å². The molecule has 2 amide bonds. The molecule has 0 saturated carbocycles. The first-order valence-corrected chi connectivity index (χ1v) is 3.77. The largest absolute Gasteiger partial charge is 0.370 e. The van der Waals surface area contributed by atoms with Crippen molar-refractivity contribution in [3.05, 3.63) is 0 Å². The molecule has 0 aliphatic rings. The molecular weight excluding hydrogens is 170 g/mol. The van der Waals surface area contributed by atoms with Crippen molar-refractivity contribution in [1.29, 1.82) is 0 Å². The Morgan fingerprint density at radius 1 is 1.62 bits per heavy atom. The highest BCUT2D eigenvalue weighted by molar-refractivity contribution is 5.87. The Labute approximate surface area is 76.8 Å². The number of hydrogen-bond donors (Lipinski definition) is 3. The maximum absolute atomic E-state index is 11.1. The van der Waals surface area contributed by atoms with E-state index in [9.17, 15) is 9.59 Å². The minimum atomic E-state index is -0.923. The van der Waals surface area contributed by atoms with Crippen LogP contribution in [0.5, 0.6) is 0 Å². The van der Waals surface area contributed by atoms with Crippen LogP contribution in [-0.2, 0) is 9.59 Å². The van der Waals surface area contributed by atoms with Crippen LogP contribution < -0.4 is 16.8 Å². The third kappa shape index (κ3) is 4.82. The number of amides is 2. The lowest BCUT2D eigenvalue weighted by Gasteiger charge is -2.12.